The second-order valence-corrected chi connectivity index (χ2v) is 6.32. The SMILES string of the molecule is C=C(C(C)C)P(C)#CC(C)C(C)C. The van der Waals surface area contributed by atoms with E-state index in [0.717, 1.165) is 0 Å². The van der Waals surface area contributed by atoms with Gasteiger partial charge in [-0.25, -0.2) is 0 Å². The van der Waals surface area contributed by atoms with E-state index in [1.54, 1.807) is 0 Å². The largest absolute Gasteiger partial charge is 0.123 e. The third kappa shape index (κ3) is 4.55. The molecule has 0 N–H and O–H groups in total. The average Bonchev–Trinajstić information content (AvgIpc) is 2.02. The van der Waals surface area contributed by atoms with Gasteiger partial charge in [-0.2, -0.15) is 0 Å². The van der Waals surface area contributed by atoms with Gasteiger partial charge < -0.3 is 0 Å². The van der Waals surface area contributed by atoms with Gasteiger partial charge in [0.1, 0.15) is 0 Å². The normalized spacial score (nSPS) is 14.3. The predicted octanol–water partition coefficient (Wildman–Crippen LogP) is 4.52. The maximum absolute atomic E-state index is 4.13. The van der Waals surface area contributed by atoms with Gasteiger partial charge in [0.05, 0.1) is 0 Å². The number of hydrogen-bond donors (Lipinski definition) is 0. The molecule has 0 aromatic carbocycles. The highest BCUT2D eigenvalue weighted by molar-refractivity contribution is 7.50. The maximum Gasteiger partial charge on any atom is 0.0160 e. The fraction of sp³-hybridized carbons (Fsp3) is 0.750. The standard InChI is InChI=1S/C12H23P/c1-9(2)11(5)8-13(7)12(6)10(3)4/h9-11H,6H2,1-5,7H3. The molecule has 13 heavy (non-hydrogen) atoms. The Kier molecular flexibility index (Phi) is 5.45. The minimum absolute atomic E-state index is 0.198. The Bertz CT molecular complexity index is 247. The number of rotatable bonds is 2. The summed E-state index contributed by atoms with van der Waals surface area (Å²) >= 11 is 0. The Hall–Kier alpha value is -0.180. The second-order valence-electron chi connectivity index (χ2n) is 4.37. The zero-order valence-electron chi connectivity index (χ0n) is 9.89. The molecule has 0 aromatic rings. The Labute approximate surface area is 84.5 Å². The van der Waals surface area contributed by atoms with Crippen LogP contribution in [0.1, 0.15) is 34.6 Å². The molecule has 76 valence electrons. The van der Waals surface area contributed by atoms with E-state index in [0.29, 0.717) is 17.8 Å². The van der Waals surface area contributed by atoms with Crippen molar-refractivity contribution < 1.29 is 0 Å². The van der Waals surface area contributed by atoms with Crippen LogP contribution in [0.5, 0.6) is 0 Å². The van der Waals surface area contributed by atoms with Gasteiger partial charge >= 0.3 is 0 Å². The van der Waals surface area contributed by atoms with Crippen LogP contribution in [0.4, 0.5) is 0 Å². The zero-order valence-corrected chi connectivity index (χ0v) is 10.8. The quantitative estimate of drug-likeness (QED) is 0.572. The molecule has 0 aliphatic rings. The second kappa shape index (κ2) is 5.53. The zero-order chi connectivity index (χ0) is 10.6. The first kappa shape index (κ1) is 12.8. The van der Waals surface area contributed by atoms with Crippen LogP contribution in [0.2, 0.25) is 0 Å². The summed E-state index contributed by atoms with van der Waals surface area (Å²) in [4.78, 5) is 0. The molecule has 0 rings (SSSR count). The molecule has 2 unspecified atom stereocenters. The van der Waals surface area contributed by atoms with Crippen LogP contribution in [0.15, 0.2) is 11.9 Å². The Morgan fingerprint density at radius 2 is 1.62 bits per heavy atom. The molecule has 0 amide bonds. The molecular formula is C12H23P. The van der Waals surface area contributed by atoms with Gasteiger partial charge in [-0.15, -0.1) is 5.63 Å². The summed E-state index contributed by atoms with van der Waals surface area (Å²) < 4.78 is 0. The highest BCUT2D eigenvalue weighted by Gasteiger charge is 2.04. The van der Waals surface area contributed by atoms with Crippen LogP contribution in [0.25, 0.3) is 0 Å². The van der Waals surface area contributed by atoms with Crippen LogP contribution in [0, 0.1) is 23.4 Å². The van der Waals surface area contributed by atoms with Gasteiger partial charge in [0, 0.05) is 5.92 Å². The predicted molar refractivity (Wildman–Crippen MR) is 64.7 cm³/mol. The highest BCUT2D eigenvalue weighted by atomic mass is 31.1. The molecule has 1 heteroatoms. The molecule has 0 aromatic heterocycles. The van der Waals surface area contributed by atoms with Crippen molar-refractivity contribution in [2.75, 3.05) is 6.66 Å². The average molecular weight is 198 g/mol. The monoisotopic (exact) mass is 198 g/mol. The van der Waals surface area contributed by atoms with Crippen LogP contribution in [-0.2, 0) is 0 Å². The van der Waals surface area contributed by atoms with Crippen LogP contribution < -0.4 is 0 Å². The summed E-state index contributed by atoms with van der Waals surface area (Å²) in [5.74, 6) is 1.89. The topological polar surface area (TPSA) is 0 Å². The van der Waals surface area contributed by atoms with Crippen molar-refractivity contribution in [3.63, 3.8) is 0 Å². The third-order valence-corrected chi connectivity index (χ3v) is 4.67. The van der Waals surface area contributed by atoms with Crippen molar-refractivity contribution >= 4 is 7.38 Å². The molecule has 0 heterocycles. The minimum atomic E-state index is -0.198. The first-order chi connectivity index (χ1) is 5.86. The number of hydrogen-bond acceptors (Lipinski definition) is 0. The molecule has 0 radical (unpaired) electrons. The Morgan fingerprint density at radius 1 is 1.15 bits per heavy atom. The van der Waals surface area contributed by atoms with E-state index in [2.05, 4.69) is 53.5 Å². The summed E-state index contributed by atoms with van der Waals surface area (Å²) in [5, 5.41) is 1.36. The summed E-state index contributed by atoms with van der Waals surface area (Å²) in [5.41, 5.74) is 3.63. The van der Waals surface area contributed by atoms with E-state index in [-0.39, 0.29) is 7.38 Å². The summed E-state index contributed by atoms with van der Waals surface area (Å²) in [6.45, 7) is 17.6. The van der Waals surface area contributed by atoms with Crippen molar-refractivity contribution in [1.29, 1.82) is 0 Å². The van der Waals surface area contributed by atoms with Gasteiger partial charge in [-0.05, 0) is 23.8 Å². The highest BCUT2D eigenvalue weighted by Crippen LogP contribution is 2.32. The lowest BCUT2D eigenvalue weighted by atomic mass is 10.0. The fourth-order valence-electron chi connectivity index (χ4n) is 0.925. The summed E-state index contributed by atoms with van der Waals surface area (Å²) in [6, 6.07) is 0. The molecule has 0 saturated heterocycles. The van der Waals surface area contributed by atoms with E-state index in [1.165, 1.54) is 5.31 Å². The summed E-state index contributed by atoms with van der Waals surface area (Å²) in [6.07, 6.45) is 0. The van der Waals surface area contributed by atoms with E-state index in [9.17, 15) is 0 Å². The van der Waals surface area contributed by atoms with Crippen LogP contribution in [-0.4, -0.2) is 6.66 Å². The fourth-order valence-corrected chi connectivity index (χ4v) is 2.77. The van der Waals surface area contributed by atoms with Crippen LogP contribution in [0.3, 0.4) is 0 Å². The van der Waals surface area contributed by atoms with Gasteiger partial charge in [0.15, 0.2) is 0 Å². The minimum Gasteiger partial charge on any atom is -0.123 e. The molecule has 2 atom stereocenters. The molecule has 0 fully saturated rings. The van der Waals surface area contributed by atoms with Gasteiger partial charge in [-0.3, -0.25) is 0 Å². The third-order valence-electron chi connectivity index (χ3n) is 2.49. The molecule has 0 spiro atoms. The van der Waals surface area contributed by atoms with Crippen molar-refractivity contribution in [3.8, 4) is 5.63 Å². The molecular weight excluding hydrogens is 175 g/mol. The van der Waals surface area contributed by atoms with Crippen molar-refractivity contribution in [1.82, 2.24) is 0 Å². The molecule has 0 saturated carbocycles. The molecule has 0 bridgehead atoms. The molecule has 0 aliphatic heterocycles. The van der Waals surface area contributed by atoms with Gasteiger partial charge in [-0.1, -0.05) is 48.6 Å². The van der Waals surface area contributed by atoms with E-state index in [1.807, 2.05) is 0 Å². The molecule has 0 nitrogen and oxygen atoms in total. The van der Waals surface area contributed by atoms with E-state index in [4.69, 9.17) is 0 Å². The number of allylic oxidation sites excluding steroid dienone is 1. The molecule has 0 aliphatic carbocycles. The lowest BCUT2D eigenvalue weighted by Crippen LogP contribution is -1.99. The van der Waals surface area contributed by atoms with Crippen LogP contribution >= 0.6 is 7.38 Å². The van der Waals surface area contributed by atoms with E-state index < -0.39 is 0 Å². The van der Waals surface area contributed by atoms with Gasteiger partial charge in [0.2, 0.25) is 0 Å². The summed E-state index contributed by atoms with van der Waals surface area (Å²) in [7, 11) is -0.198. The lowest BCUT2D eigenvalue weighted by molar-refractivity contribution is 0.521. The maximum atomic E-state index is 4.13. The Morgan fingerprint density at radius 3 is 1.92 bits per heavy atom. The lowest BCUT2D eigenvalue weighted by Gasteiger charge is -2.12. The van der Waals surface area contributed by atoms with Crippen molar-refractivity contribution in [2.24, 2.45) is 17.8 Å². The first-order valence-electron chi connectivity index (χ1n) is 5.05. The first-order valence-corrected chi connectivity index (χ1v) is 6.83. The smallest absolute Gasteiger partial charge is 0.0160 e. The van der Waals surface area contributed by atoms with Crippen molar-refractivity contribution in [3.05, 3.63) is 11.9 Å². The van der Waals surface area contributed by atoms with Gasteiger partial charge in [0.25, 0.3) is 0 Å². The Balaban J connectivity index is 4.56. The van der Waals surface area contributed by atoms with Crippen molar-refractivity contribution in [2.45, 2.75) is 34.6 Å². The van der Waals surface area contributed by atoms with E-state index >= 15 is 0 Å².